The lowest BCUT2D eigenvalue weighted by molar-refractivity contribution is -0.0502. The second-order valence-electron chi connectivity index (χ2n) is 9.73. The topological polar surface area (TPSA) is 96.2 Å². The molecule has 1 aliphatic rings. The highest BCUT2D eigenvalue weighted by molar-refractivity contribution is 7.85. The molecule has 1 saturated carbocycles. The van der Waals surface area contributed by atoms with Crippen LogP contribution >= 0.6 is 0 Å². The largest absolute Gasteiger partial charge is 0.496 e. The van der Waals surface area contributed by atoms with Gasteiger partial charge in [-0.1, -0.05) is 19.9 Å². The monoisotopic (exact) mass is 540 g/mol. The minimum Gasteiger partial charge on any atom is -0.496 e. The number of alkyl halides is 3. The molecule has 2 aromatic heterocycles. The Morgan fingerprint density at radius 1 is 1.24 bits per heavy atom. The van der Waals surface area contributed by atoms with E-state index in [1.54, 1.807) is 22.8 Å². The molecule has 4 rings (SSSR count). The van der Waals surface area contributed by atoms with E-state index in [4.69, 9.17) is 8.92 Å². The molecule has 3 aromatic rings. The van der Waals surface area contributed by atoms with Crippen molar-refractivity contribution in [1.82, 2.24) is 9.61 Å². The fourth-order valence-corrected chi connectivity index (χ4v) is 4.59. The summed E-state index contributed by atoms with van der Waals surface area (Å²) >= 11 is 0. The summed E-state index contributed by atoms with van der Waals surface area (Å²) in [6.07, 6.45) is 3.29. The lowest BCUT2D eigenvalue weighted by Gasteiger charge is -2.24. The van der Waals surface area contributed by atoms with Crippen molar-refractivity contribution < 1.29 is 40.0 Å². The van der Waals surface area contributed by atoms with Crippen LogP contribution in [0.2, 0.25) is 0 Å². The number of carbonyl (C=O) groups excluding carboxylic acids is 1. The van der Waals surface area contributed by atoms with Gasteiger partial charge in [-0.15, -0.1) is 0 Å². The highest BCUT2D eigenvalue weighted by Crippen LogP contribution is 2.42. The first kappa shape index (κ1) is 26.9. The van der Waals surface area contributed by atoms with Gasteiger partial charge < -0.3 is 9.47 Å². The molecule has 12 heteroatoms. The number of Topliss-reactive ketones (excluding diaryl/α,β-unsaturated/α-hetero) is 1. The van der Waals surface area contributed by atoms with Gasteiger partial charge in [-0.25, -0.2) is 8.91 Å². The molecule has 1 fully saturated rings. The smallest absolute Gasteiger partial charge is 0.387 e. The minimum atomic E-state index is -3.62. The Kier molecular flexibility index (Phi) is 7.26. The lowest BCUT2D eigenvalue weighted by Crippen LogP contribution is -2.26. The molecule has 0 unspecified atom stereocenters. The summed E-state index contributed by atoms with van der Waals surface area (Å²) in [5.74, 6) is -1.30. The SMILES string of the molecule is COc1cc(-c2cnn3cc(C(C)(C)COS(C)(=O)=O)ccc23)cc(OC(F)F)c1C(=O)C[C@@H]1C[C@@H]1F. The maximum atomic E-state index is 13.4. The Balaban J connectivity index is 1.73. The Morgan fingerprint density at radius 3 is 2.51 bits per heavy atom. The van der Waals surface area contributed by atoms with Gasteiger partial charge in [0.05, 0.1) is 31.7 Å². The number of ketones is 1. The highest BCUT2D eigenvalue weighted by atomic mass is 32.2. The van der Waals surface area contributed by atoms with Gasteiger partial charge in [0.25, 0.3) is 10.1 Å². The van der Waals surface area contributed by atoms with Gasteiger partial charge in [0.15, 0.2) is 5.78 Å². The number of fused-ring (bicyclic) bond motifs is 1. The standard InChI is InChI=1S/C25H27F3N2O6S/c1-25(2,13-35-37(4,32)33)16-5-6-19-17(11-29-30(19)12-16)14-9-21(34-3)23(22(10-14)36-24(27)28)20(31)8-15-7-18(15)26/h5-6,9-12,15,18,24H,7-8,13H2,1-4H3/t15-,18-/m0/s1. The second kappa shape index (κ2) is 9.97. The molecule has 0 N–H and O–H groups in total. The summed E-state index contributed by atoms with van der Waals surface area (Å²) in [4.78, 5) is 12.8. The molecule has 0 spiro atoms. The van der Waals surface area contributed by atoms with Gasteiger partial charge in [-0.3, -0.25) is 8.98 Å². The van der Waals surface area contributed by atoms with Gasteiger partial charge >= 0.3 is 6.61 Å². The number of benzene rings is 1. The van der Waals surface area contributed by atoms with Crippen LogP contribution in [0.25, 0.3) is 16.6 Å². The van der Waals surface area contributed by atoms with Gasteiger partial charge in [0.2, 0.25) is 0 Å². The van der Waals surface area contributed by atoms with E-state index in [2.05, 4.69) is 9.84 Å². The quantitative estimate of drug-likeness (QED) is 0.255. The predicted molar refractivity (Wildman–Crippen MR) is 130 cm³/mol. The van der Waals surface area contributed by atoms with Crippen LogP contribution in [0, 0.1) is 5.92 Å². The number of methoxy groups -OCH3 is 1. The second-order valence-corrected chi connectivity index (χ2v) is 11.4. The summed E-state index contributed by atoms with van der Waals surface area (Å²) in [7, 11) is -2.31. The van der Waals surface area contributed by atoms with E-state index in [1.165, 1.54) is 25.4 Å². The first-order valence-corrected chi connectivity index (χ1v) is 13.3. The van der Waals surface area contributed by atoms with Crippen LogP contribution in [0.4, 0.5) is 13.2 Å². The molecule has 0 aliphatic heterocycles. The van der Waals surface area contributed by atoms with Crippen LogP contribution in [-0.2, 0) is 19.7 Å². The van der Waals surface area contributed by atoms with Crippen molar-refractivity contribution in [1.29, 1.82) is 0 Å². The third-order valence-electron chi connectivity index (χ3n) is 6.31. The van der Waals surface area contributed by atoms with E-state index in [0.717, 1.165) is 11.8 Å². The van der Waals surface area contributed by atoms with E-state index < -0.39 is 40.0 Å². The number of ether oxygens (including phenoxy) is 2. The van der Waals surface area contributed by atoms with Crippen LogP contribution in [0.3, 0.4) is 0 Å². The Hall–Kier alpha value is -3.12. The maximum absolute atomic E-state index is 13.4. The Labute approximate surface area is 212 Å². The molecule has 200 valence electrons. The normalized spacial score (nSPS) is 17.8. The number of nitrogens with zero attached hydrogens (tertiary/aromatic N) is 2. The Bertz CT molecular complexity index is 1440. The number of halogens is 3. The van der Waals surface area contributed by atoms with E-state index in [1.807, 2.05) is 13.8 Å². The van der Waals surface area contributed by atoms with Crippen molar-refractivity contribution >= 4 is 21.4 Å². The molecule has 0 radical (unpaired) electrons. The number of carbonyl (C=O) groups is 1. The van der Waals surface area contributed by atoms with Crippen molar-refractivity contribution in [3.63, 3.8) is 0 Å². The number of hydrogen-bond donors (Lipinski definition) is 0. The summed E-state index contributed by atoms with van der Waals surface area (Å²) < 4.78 is 79.3. The fourth-order valence-electron chi connectivity index (χ4n) is 4.08. The van der Waals surface area contributed by atoms with Crippen LogP contribution in [-0.4, -0.2) is 56.6 Å². The van der Waals surface area contributed by atoms with Gasteiger partial charge in [0, 0.05) is 29.5 Å². The van der Waals surface area contributed by atoms with E-state index >= 15 is 0 Å². The van der Waals surface area contributed by atoms with Crippen molar-refractivity contribution in [3.8, 4) is 22.6 Å². The molecular weight excluding hydrogens is 513 g/mol. The van der Waals surface area contributed by atoms with Gasteiger partial charge in [-0.05, 0) is 35.7 Å². The zero-order valence-corrected chi connectivity index (χ0v) is 21.5. The number of pyridine rings is 1. The van der Waals surface area contributed by atoms with Crippen LogP contribution in [0.1, 0.15) is 42.6 Å². The molecule has 2 heterocycles. The van der Waals surface area contributed by atoms with Crippen LogP contribution < -0.4 is 9.47 Å². The first-order valence-electron chi connectivity index (χ1n) is 11.5. The third-order valence-corrected chi connectivity index (χ3v) is 6.85. The van der Waals surface area contributed by atoms with Crippen molar-refractivity contribution in [2.45, 2.75) is 44.9 Å². The number of rotatable bonds is 11. The molecule has 0 amide bonds. The average Bonchev–Trinajstić information content (AvgIpc) is 3.33. The van der Waals surface area contributed by atoms with E-state index in [9.17, 15) is 26.4 Å². The van der Waals surface area contributed by atoms with Gasteiger partial charge in [0.1, 0.15) is 23.2 Å². The van der Waals surface area contributed by atoms with Crippen molar-refractivity contribution in [2.24, 2.45) is 5.92 Å². The maximum Gasteiger partial charge on any atom is 0.387 e. The molecule has 2 atom stereocenters. The molecule has 1 aromatic carbocycles. The Morgan fingerprint density at radius 2 is 1.92 bits per heavy atom. The van der Waals surface area contributed by atoms with Crippen molar-refractivity contribution in [3.05, 3.63) is 47.8 Å². The highest BCUT2D eigenvalue weighted by Gasteiger charge is 2.40. The first-order chi connectivity index (χ1) is 17.3. The molecule has 1 aliphatic carbocycles. The molecule has 37 heavy (non-hydrogen) atoms. The molecule has 0 saturated heterocycles. The summed E-state index contributed by atoms with van der Waals surface area (Å²) in [6, 6.07) is 6.39. The number of hydrogen-bond acceptors (Lipinski definition) is 7. The predicted octanol–water partition coefficient (Wildman–Crippen LogP) is 4.80. The lowest BCUT2D eigenvalue weighted by atomic mass is 9.87. The summed E-state index contributed by atoms with van der Waals surface area (Å²) in [6.45, 7) is 0.385. The average molecular weight is 541 g/mol. The molecular formula is C25H27F3N2O6S. The zero-order valence-electron chi connectivity index (χ0n) is 20.7. The van der Waals surface area contributed by atoms with Crippen LogP contribution in [0.5, 0.6) is 11.5 Å². The van der Waals surface area contributed by atoms with Crippen LogP contribution in [0.15, 0.2) is 36.7 Å². The molecule has 0 bridgehead atoms. The van der Waals surface area contributed by atoms with E-state index in [-0.39, 0.29) is 36.5 Å². The summed E-state index contributed by atoms with van der Waals surface area (Å²) in [5.41, 5.74) is 1.53. The van der Waals surface area contributed by atoms with Crippen molar-refractivity contribution in [2.75, 3.05) is 20.0 Å². The third kappa shape index (κ3) is 6.07. The van der Waals surface area contributed by atoms with Gasteiger partial charge in [-0.2, -0.15) is 22.3 Å². The number of aromatic nitrogens is 2. The minimum absolute atomic E-state index is 0.0317. The fraction of sp³-hybridized carbons (Fsp3) is 0.440. The van der Waals surface area contributed by atoms with E-state index in [0.29, 0.717) is 16.6 Å². The molecule has 8 nitrogen and oxygen atoms in total. The zero-order chi connectivity index (χ0) is 27.1. The summed E-state index contributed by atoms with van der Waals surface area (Å²) in [5, 5.41) is 4.36.